The largest absolute Gasteiger partial charge is 0.387 e. The Morgan fingerprint density at radius 2 is 2.29 bits per heavy atom. The van der Waals surface area contributed by atoms with E-state index in [4.69, 9.17) is 10.5 Å². The fourth-order valence-electron chi connectivity index (χ4n) is 1.13. The third-order valence-electron chi connectivity index (χ3n) is 1.86. The Morgan fingerprint density at radius 1 is 1.50 bits per heavy atom. The number of nitrogens with zero attached hydrogens (tertiary/aromatic N) is 1. The fraction of sp³-hybridized carbons (Fsp3) is 0.364. The Balaban J connectivity index is 2.83. The minimum Gasteiger partial charge on any atom is -0.387 e. The summed E-state index contributed by atoms with van der Waals surface area (Å²) in [6.45, 7) is 2.59. The smallest absolute Gasteiger partial charge is 0.0993 e. The van der Waals surface area contributed by atoms with Crippen molar-refractivity contribution in [2.24, 2.45) is 10.7 Å². The van der Waals surface area contributed by atoms with Gasteiger partial charge in [-0.3, -0.25) is 0 Å². The van der Waals surface area contributed by atoms with Crippen molar-refractivity contribution in [3.63, 3.8) is 0 Å². The van der Waals surface area contributed by atoms with Gasteiger partial charge in [0, 0.05) is 13.5 Å². The van der Waals surface area contributed by atoms with Gasteiger partial charge < -0.3 is 10.5 Å². The lowest BCUT2D eigenvalue weighted by Crippen LogP contribution is -2.08. The highest BCUT2D eigenvalue weighted by atomic mass is 16.5. The Hall–Kier alpha value is -1.35. The van der Waals surface area contributed by atoms with Gasteiger partial charge in [-0.05, 0) is 17.7 Å². The van der Waals surface area contributed by atoms with Crippen molar-refractivity contribution in [3.05, 3.63) is 29.8 Å². The predicted octanol–water partition coefficient (Wildman–Crippen LogP) is 2.23. The number of methoxy groups -OCH3 is 1. The van der Waals surface area contributed by atoms with Gasteiger partial charge in [-0.1, -0.05) is 19.1 Å². The highest BCUT2D eigenvalue weighted by Gasteiger charge is 1.94. The molecule has 1 rings (SSSR count). The monoisotopic (exact) mass is 192 g/mol. The van der Waals surface area contributed by atoms with Gasteiger partial charge in [0.05, 0.1) is 18.1 Å². The third kappa shape index (κ3) is 3.18. The van der Waals surface area contributed by atoms with Crippen molar-refractivity contribution in [1.29, 1.82) is 0 Å². The van der Waals surface area contributed by atoms with Crippen LogP contribution in [-0.4, -0.2) is 12.9 Å². The minimum atomic E-state index is 0.607. The molecule has 1 aromatic rings. The molecule has 0 aliphatic carbocycles. The van der Waals surface area contributed by atoms with Crippen LogP contribution in [0.15, 0.2) is 29.3 Å². The topological polar surface area (TPSA) is 47.6 Å². The van der Waals surface area contributed by atoms with Crippen LogP contribution in [0.4, 0.5) is 5.69 Å². The van der Waals surface area contributed by atoms with Gasteiger partial charge in [0.25, 0.3) is 0 Å². The van der Waals surface area contributed by atoms with Crippen LogP contribution < -0.4 is 5.73 Å². The Morgan fingerprint density at radius 3 is 2.93 bits per heavy atom. The second-order valence-electron chi connectivity index (χ2n) is 3.06. The molecule has 0 radical (unpaired) electrons. The van der Waals surface area contributed by atoms with E-state index in [1.165, 1.54) is 0 Å². The van der Waals surface area contributed by atoms with Crippen LogP contribution in [-0.2, 0) is 11.3 Å². The number of ether oxygens (including phenoxy) is 1. The molecule has 0 unspecified atom stereocenters. The zero-order valence-corrected chi connectivity index (χ0v) is 8.66. The number of benzene rings is 1. The van der Waals surface area contributed by atoms with Gasteiger partial charge in [-0.15, -0.1) is 0 Å². The van der Waals surface area contributed by atoms with Gasteiger partial charge in [0.1, 0.15) is 0 Å². The molecule has 0 heterocycles. The summed E-state index contributed by atoms with van der Waals surface area (Å²) in [6.07, 6.45) is 0.772. The summed E-state index contributed by atoms with van der Waals surface area (Å²) in [7, 11) is 1.68. The number of rotatable bonds is 4. The maximum atomic E-state index is 5.65. The quantitative estimate of drug-likeness (QED) is 0.587. The summed E-state index contributed by atoms with van der Waals surface area (Å²) in [6, 6.07) is 7.87. The number of aliphatic imine (C=N–C) groups is 1. The van der Waals surface area contributed by atoms with E-state index in [0.29, 0.717) is 12.4 Å². The van der Waals surface area contributed by atoms with Crippen molar-refractivity contribution >= 4 is 11.5 Å². The molecule has 0 aliphatic heterocycles. The number of amidine groups is 1. The van der Waals surface area contributed by atoms with E-state index >= 15 is 0 Å². The molecule has 0 spiro atoms. The van der Waals surface area contributed by atoms with Crippen molar-refractivity contribution in [3.8, 4) is 0 Å². The van der Waals surface area contributed by atoms with E-state index in [9.17, 15) is 0 Å². The molecule has 14 heavy (non-hydrogen) atoms. The molecular weight excluding hydrogens is 176 g/mol. The first-order chi connectivity index (χ1) is 6.76. The highest BCUT2D eigenvalue weighted by molar-refractivity contribution is 5.82. The summed E-state index contributed by atoms with van der Waals surface area (Å²) >= 11 is 0. The molecule has 2 N–H and O–H groups in total. The summed E-state index contributed by atoms with van der Waals surface area (Å²) in [5, 5.41) is 0. The number of hydrogen-bond acceptors (Lipinski definition) is 2. The number of nitrogens with two attached hydrogens (primary N) is 1. The molecule has 0 atom stereocenters. The van der Waals surface area contributed by atoms with E-state index in [2.05, 4.69) is 4.99 Å². The maximum absolute atomic E-state index is 5.65. The van der Waals surface area contributed by atoms with E-state index in [-0.39, 0.29) is 0 Å². The van der Waals surface area contributed by atoms with Crippen LogP contribution in [0.5, 0.6) is 0 Å². The van der Waals surface area contributed by atoms with Crippen LogP contribution in [0, 0.1) is 0 Å². The first kappa shape index (κ1) is 10.7. The van der Waals surface area contributed by atoms with Crippen molar-refractivity contribution in [1.82, 2.24) is 0 Å². The van der Waals surface area contributed by atoms with Crippen LogP contribution >= 0.6 is 0 Å². The molecule has 3 heteroatoms. The molecule has 0 aliphatic rings. The lowest BCUT2D eigenvalue weighted by Gasteiger charge is -2.01. The molecule has 3 nitrogen and oxygen atoms in total. The fourth-order valence-corrected chi connectivity index (χ4v) is 1.13. The summed E-state index contributed by atoms with van der Waals surface area (Å²) in [5.74, 6) is 0.652. The Kier molecular flexibility index (Phi) is 4.13. The molecule has 0 fully saturated rings. The average Bonchev–Trinajstić information content (AvgIpc) is 2.19. The van der Waals surface area contributed by atoms with E-state index < -0.39 is 0 Å². The highest BCUT2D eigenvalue weighted by Crippen LogP contribution is 2.14. The zero-order valence-electron chi connectivity index (χ0n) is 8.66. The minimum absolute atomic E-state index is 0.607. The lowest BCUT2D eigenvalue weighted by molar-refractivity contribution is 0.185. The molecule has 0 amide bonds. The summed E-state index contributed by atoms with van der Waals surface area (Å²) < 4.78 is 5.03. The zero-order chi connectivity index (χ0) is 10.4. The lowest BCUT2D eigenvalue weighted by atomic mass is 10.2. The first-order valence-corrected chi connectivity index (χ1v) is 4.67. The molecule has 0 aromatic heterocycles. The van der Waals surface area contributed by atoms with Gasteiger partial charge in [-0.25, -0.2) is 4.99 Å². The molecule has 0 saturated carbocycles. The van der Waals surface area contributed by atoms with Gasteiger partial charge in [-0.2, -0.15) is 0 Å². The van der Waals surface area contributed by atoms with Crippen molar-refractivity contribution in [2.75, 3.05) is 7.11 Å². The van der Waals surface area contributed by atoms with Crippen molar-refractivity contribution in [2.45, 2.75) is 20.0 Å². The Labute approximate surface area is 84.6 Å². The second kappa shape index (κ2) is 5.40. The van der Waals surface area contributed by atoms with Crippen LogP contribution in [0.2, 0.25) is 0 Å². The molecule has 76 valence electrons. The average molecular weight is 192 g/mol. The van der Waals surface area contributed by atoms with Gasteiger partial charge >= 0.3 is 0 Å². The Bertz CT molecular complexity index is 321. The van der Waals surface area contributed by atoms with Gasteiger partial charge in [0.2, 0.25) is 0 Å². The van der Waals surface area contributed by atoms with Gasteiger partial charge in [0.15, 0.2) is 0 Å². The third-order valence-corrected chi connectivity index (χ3v) is 1.86. The van der Waals surface area contributed by atoms with Crippen LogP contribution in [0.3, 0.4) is 0 Å². The van der Waals surface area contributed by atoms with E-state index in [0.717, 1.165) is 17.7 Å². The van der Waals surface area contributed by atoms with E-state index in [1.54, 1.807) is 7.11 Å². The molecular formula is C11H16N2O. The van der Waals surface area contributed by atoms with Crippen LogP contribution in [0.25, 0.3) is 0 Å². The number of hydrogen-bond donors (Lipinski definition) is 1. The molecule has 1 aromatic carbocycles. The first-order valence-electron chi connectivity index (χ1n) is 4.67. The van der Waals surface area contributed by atoms with Crippen molar-refractivity contribution < 1.29 is 4.74 Å². The molecule has 0 bridgehead atoms. The summed E-state index contributed by atoms with van der Waals surface area (Å²) in [5.41, 5.74) is 7.64. The normalized spacial score (nSPS) is 11.7. The molecule has 0 saturated heterocycles. The SMILES string of the molecule is CCC(N)=Nc1cccc(COC)c1. The van der Waals surface area contributed by atoms with Crippen LogP contribution in [0.1, 0.15) is 18.9 Å². The maximum Gasteiger partial charge on any atom is 0.0993 e. The van der Waals surface area contributed by atoms with E-state index in [1.807, 2.05) is 31.2 Å². The second-order valence-corrected chi connectivity index (χ2v) is 3.06. The summed E-state index contributed by atoms with van der Waals surface area (Å²) in [4.78, 5) is 4.26. The standard InChI is InChI=1S/C11H16N2O/c1-3-11(12)13-10-6-4-5-9(7-10)8-14-2/h4-7H,3,8H2,1-2H3,(H2,12,13). The predicted molar refractivity (Wildman–Crippen MR) is 58.7 cm³/mol.